The molecule has 0 fully saturated rings. The zero-order chi connectivity index (χ0) is 15.5. The fourth-order valence-electron chi connectivity index (χ4n) is 2.51. The Balaban J connectivity index is 1.66. The summed E-state index contributed by atoms with van der Waals surface area (Å²) in [5.41, 5.74) is 2.84. The molecule has 2 aromatic rings. The number of unbranched alkanes of at least 4 members (excludes halogenated alkanes) is 1. The Bertz CT molecular complexity index is 681. The first-order valence-electron chi connectivity index (χ1n) is 7.67. The zero-order valence-electron chi connectivity index (χ0n) is 12.8. The summed E-state index contributed by atoms with van der Waals surface area (Å²) in [5.74, 6) is 1.38. The van der Waals surface area contributed by atoms with Gasteiger partial charge in [0.2, 0.25) is 11.8 Å². The van der Waals surface area contributed by atoms with Crippen molar-refractivity contribution >= 4 is 17.3 Å². The first kappa shape index (κ1) is 14.6. The molecule has 3 rings (SSSR count). The molecule has 1 unspecified atom stereocenters. The van der Waals surface area contributed by atoms with Gasteiger partial charge in [-0.15, -0.1) is 0 Å². The molecule has 0 saturated carbocycles. The maximum absolute atomic E-state index is 11.4. The van der Waals surface area contributed by atoms with Crippen LogP contribution in [0, 0.1) is 0 Å². The number of nitrogens with zero attached hydrogens (tertiary/aromatic N) is 2. The first-order valence-corrected chi connectivity index (χ1v) is 7.67. The van der Waals surface area contributed by atoms with Crippen molar-refractivity contribution in [3.05, 3.63) is 35.5 Å². The van der Waals surface area contributed by atoms with Crippen LogP contribution in [-0.2, 0) is 17.6 Å². The van der Waals surface area contributed by atoms with Crippen molar-refractivity contribution in [2.45, 2.75) is 45.6 Å². The Kier molecular flexibility index (Phi) is 4.09. The van der Waals surface area contributed by atoms with Gasteiger partial charge in [0, 0.05) is 17.8 Å². The molecule has 2 N–H and O–H groups in total. The molecule has 6 nitrogen and oxygen atoms in total. The maximum atomic E-state index is 11.4. The van der Waals surface area contributed by atoms with Crippen molar-refractivity contribution < 1.29 is 9.32 Å². The van der Waals surface area contributed by atoms with E-state index in [0.717, 1.165) is 42.0 Å². The molecule has 2 heterocycles. The monoisotopic (exact) mass is 300 g/mol. The van der Waals surface area contributed by atoms with E-state index in [4.69, 9.17) is 4.52 Å². The number of aryl methyl sites for hydroxylation is 1. The highest BCUT2D eigenvalue weighted by Crippen LogP contribution is 2.27. The Morgan fingerprint density at radius 2 is 2.32 bits per heavy atom. The number of amides is 1. The van der Waals surface area contributed by atoms with Crippen molar-refractivity contribution in [1.82, 2.24) is 10.1 Å². The van der Waals surface area contributed by atoms with Gasteiger partial charge in [0.15, 0.2) is 5.82 Å². The molecule has 0 bridgehead atoms. The van der Waals surface area contributed by atoms with E-state index in [-0.39, 0.29) is 11.9 Å². The minimum absolute atomic E-state index is 0.0395. The van der Waals surface area contributed by atoms with Gasteiger partial charge in [-0.1, -0.05) is 18.5 Å². The molecular weight excluding hydrogens is 280 g/mol. The number of hydrogen-bond acceptors (Lipinski definition) is 5. The van der Waals surface area contributed by atoms with Crippen molar-refractivity contribution in [3.63, 3.8) is 0 Å². The highest BCUT2D eigenvalue weighted by Gasteiger charge is 2.19. The van der Waals surface area contributed by atoms with E-state index in [1.807, 2.05) is 25.1 Å². The standard InChI is InChI=1S/C16H20N4O2/c1-3-4-5-14-19-16(22-20-14)10(2)17-12-6-7-13-11(8-12)9-15(21)18-13/h6-8,10,17H,3-5,9H2,1-2H3,(H,18,21). The Morgan fingerprint density at radius 1 is 1.45 bits per heavy atom. The lowest BCUT2D eigenvalue weighted by atomic mass is 10.1. The predicted octanol–water partition coefficient (Wildman–Crippen LogP) is 3.08. The minimum Gasteiger partial charge on any atom is -0.374 e. The number of carbonyl (C=O) groups is 1. The summed E-state index contributed by atoms with van der Waals surface area (Å²) < 4.78 is 5.32. The lowest BCUT2D eigenvalue weighted by Crippen LogP contribution is -2.07. The fourth-order valence-corrected chi connectivity index (χ4v) is 2.51. The second-order valence-electron chi connectivity index (χ2n) is 5.62. The quantitative estimate of drug-likeness (QED) is 0.857. The van der Waals surface area contributed by atoms with E-state index in [2.05, 4.69) is 27.7 Å². The number of rotatable bonds is 6. The van der Waals surface area contributed by atoms with E-state index in [1.165, 1.54) is 0 Å². The van der Waals surface area contributed by atoms with E-state index < -0.39 is 0 Å². The number of aromatic nitrogens is 2. The zero-order valence-corrected chi connectivity index (χ0v) is 12.8. The third kappa shape index (κ3) is 3.10. The van der Waals surface area contributed by atoms with E-state index >= 15 is 0 Å². The van der Waals surface area contributed by atoms with Gasteiger partial charge in [0.1, 0.15) is 6.04 Å². The summed E-state index contributed by atoms with van der Waals surface area (Å²) >= 11 is 0. The van der Waals surface area contributed by atoms with Crippen LogP contribution in [0.4, 0.5) is 11.4 Å². The average Bonchev–Trinajstić information content (AvgIpc) is 3.10. The van der Waals surface area contributed by atoms with Gasteiger partial charge in [-0.25, -0.2) is 0 Å². The molecule has 1 aliphatic heterocycles. The van der Waals surface area contributed by atoms with Crippen molar-refractivity contribution in [1.29, 1.82) is 0 Å². The second-order valence-corrected chi connectivity index (χ2v) is 5.62. The molecule has 116 valence electrons. The summed E-state index contributed by atoms with van der Waals surface area (Å²) in [4.78, 5) is 15.8. The molecule has 1 amide bonds. The van der Waals surface area contributed by atoms with Gasteiger partial charge >= 0.3 is 0 Å². The van der Waals surface area contributed by atoms with Gasteiger partial charge in [-0.2, -0.15) is 4.98 Å². The highest BCUT2D eigenvalue weighted by molar-refractivity contribution is 5.99. The van der Waals surface area contributed by atoms with E-state index in [0.29, 0.717) is 12.3 Å². The molecule has 1 aromatic heterocycles. The SMILES string of the molecule is CCCCc1noc(C(C)Nc2ccc3c(c2)CC(=O)N3)n1. The fraction of sp³-hybridized carbons (Fsp3) is 0.438. The Morgan fingerprint density at radius 3 is 3.14 bits per heavy atom. The smallest absolute Gasteiger partial charge is 0.248 e. The van der Waals surface area contributed by atoms with Gasteiger partial charge in [-0.05, 0) is 37.1 Å². The average molecular weight is 300 g/mol. The first-order chi connectivity index (χ1) is 10.7. The van der Waals surface area contributed by atoms with E-state index in [1.54, 1.807) is 0 Å². The summed E-state index contributed by atoms with van der Waals surface area (Å²) in [6.45, 7) is 4.12. The Labute approximate surface area is 129 Å². The molecule has 1 aromatic carbocycles. The van der Waals surface area contributed by atoms with Crippen molar-refractivity contribution in [2.24, 2.45) is 0 Å². The van der Waals surface area contributed by atoms with Crippen LogP contribution in [0.2, 0.25) is 0 Å². The summed E-state index contributed by atoms with van der Waals surface area (Å²) in [6, 6.07) is 5.76. The van der Waals surface area contributed by atoms with Gasteiger partial charge in [-0.3, -0.25) is 4.79 Å². The summed E-state index contributed by atoms with van der Waals surface area (Å²) in [6.07, 6.45) is 3.45. The van der Waals surface area contributed by atoms with Gasteiger partial charge < -0.3 is 15.2 Å². The third-order valence-corrected chi connectivity index (χ3v) is 3.72. The molecule has 1 atom stereocenters. The molecule has 0 aliphatic carbocycles. The van der Waals surface area contributed by atoms with Crippen LogP contribution < -0.4 is 10.6 Å². The third-order valence-electron chi connectivity index (χ3n) is 3.72. The molecule has 1 aliphatic rings. The van der Waals surface area contributed by atoms with Crippen LogP contribution in [0.15, 0.2) is 22.7 Å². The lowest BCUT2D eigenvalue weighted by molar-refractivity contribution is -0.115. The van der Waals surface area contributed by atoms with Crippen LogP contribution in [0.5, 0.6) is 0 Å². The largest absolute Gasteiger partial charge is 0.374 e. The molecular formula is C16H20N4O2. The van der Waals surface area contributed by atoms with Gasteiger partial charge in [0.25, 0.3) is 0 Å². The van der Waals surface area contributed by atoms with Crippen LogP contribution in [0.25, 0.3) is 0 Å². The highest BCUT2D eigenvalue weighted by atomic mass is 16.5. The number of benzene rings is 1. The summed E-state index contributed by atoms with van der Waals surface area (Å²) in [7, 11) is 0. The predicted molar refractivity (Wildman–Crippen MR) is 83.7 cm³/mol. The van der Waals surface area contributed by atoms with Crippen molar-refractivity contribution in [2.75, 3.05) is 10.6 Å². The maximum Gasteiger partial charge on any atom is 0.248 e. The summed E-state index contributed by atoms with van der Waals surface area (Å²) in [5, 5.41) is 10.2. The number of hydrogen-bond donors (Lipinski definition) is 2. The second kappa shape index (κ2) is 6.17. The van der Waals surface area contributed by atoms with Crippen LogP contribution >= 0.6 is 0 Å². The number of nitrogens with one attached hydrogen (secondary N) is 2. The Hall–Kier alpha value is -2.37. The van der Waals surface area contributed by atoms with Crippen LogP contribution in [0.3, 0.4) is 0 Å². The minimum atomic E-state index is -0.0778. The van der Waals surface area contributed by atoms with Crippen molar-refractivity contribution in [3.8, 4) is 0 Å². The normalized spacial score (nSPS) is 14.5. The van der Waals surface area contributed by atoms with Gasteiger partial charge in [0.05, 0.1) is 6.42 Å². The molecule has 0 radical (unpaired) electrons. The molecule has 0 saturated heterocycles. The van der Waals surface area contributed by atoms with Crippen LogP contribution in [0.1, 0.15) is 50.0 Å². The number of anilines is 2. The van der Waals surface area contributed by atoms with Crippen LogP contribution in [-0.4, -0.2) is 16.0 Å². The molecule has 6 heteroatoms. The number of carbonyl (C=O) groups excluding carboxylic acids is 1. The molecule has 22 heavy (non-hydrogen) atoms. The van der Waals surface area contributed by atoms with E-state index in [9.17, 15) is 4.79 Å². The molecule has 0 spiro atoms. The number of fused-ring (bicyclic) bond motifs is 1. The lowest BCUT2D eigenvalue weighted by Gasteiger charge is -2.12. The topological polar surface area (TPSA) is 80.0 Å².